The third-order valence-electron chi connectivity index (χ3n) is 4.01. The van der Waals surface area contributed by atoms with Crippen molar-refractivity contribution in [3.63, 3.8) is 0 Å². The van der Waals surface area contributed by atoms with Gasteiger partial charge in [0, 0.05) is 5.56 Å². The average Bonchev–Trinajstić information content (AvgIpc) is 2.75. The Morgan fingerprint density at radius 2 is 1.44 bits per heavy atom. The molecule has 0 aromatic heterocycles. The molecule has 0 saturated heterocycles. The highest BCUT2D eigenvalue weighted by atomic mass is 19.4. The Kier molecular flexibility index (Phi) is 6.79. The van der Waals surface area contributed by atoms with Crippen molar-refractivity contribution in [3.05, 3.63) is 95.7 Å². The minimum atomic E-state index is -4.87. The summed E-state index contributed by atoms with van der Waals surface area (Å²) in [6.07, 6.45) is -3.63. The number of aliphatic carboxylic acids is 1. The lowest BCUT2D eigenvalue weighted by atomic mass is 10.1. The molecule has 2 N–H and O–H groups in total. The number of carbonyl (C=O) groups is 2. The van der Waals surface area contributed by atoms with Gasteiger partial charge in [-0.1, -0.05) is 42.5 Å². The first kappa shape index (κ1) is 22.4. The second-order valence-corrected chi connectivity index (χ2v) is 6.35. The molecular formula is C23H16F3NO5. The minimum Gasteiger partial charge on any atom is -0.477 e. The summed E-state index contributed by atoms with van der Waals surface area (Å²) in [4.78, 5) is 23.7. The average molecular weight is 443 g/mol. The molecule has 0 atom stereocenters. The first-order valence-corrected chi connectivity index (χ1v) is 9.15. The molecule has 0 heterocycles. The van der Waals surface area contributed by atoms with Crippen molar-refractivity contribution < 1.29 is 37.3 Å². The van der Waals surface area contributed by atoms with E-state index in [9.17, 15) is 27.9 Å². The van der Waals surface area contributed by atoms with E-state index < -0.39 is 24.0 Å². The van der Waals surface area contributed by atoms with Crippen molar-refractivity contribution in [3.8, 4) is 17.2 Å². The van der Waals surface area contributed by atoms with Gasteiger partial charge in [0.2, 0.25) is 0 Å². The quantitative estimate of drug-likeness (QED) is 0.489. The number of ether oxygens (including phenoxy) is 2. The van der Waals surface area contributed by atoms with Crippen LogP contribution in [0.1, 0.15) is 15.9 Å². The molecule has 3 aromatic carbocycles. The van der Waals surface area contributed by atoms with Gasteiger partial charge in [-0.05, 0) is 48.0 Å². The Bertz CT molecular complexity index is 1130. The summed E-state index contributed by atoms with van der Waals surface area (Å²) in [5.74, 6) is -2.37. The topological polar surface area (TPSA) is 84.9 Å². The van der Waals surface area contributed by atoms with Crippen molar-refractivity contribution in [1.82, 2.24) is 5.32 Å². The minimum absolute atomic E-state index is 0.144. The van der Waals surface area contributed by atoms with Gasteiger partial charge in [0.15, 0.2) is 11.5 Å². The number of hydrogen-bond donors (Lipinski definition) is 2. The molecule has 3 rings (SSSR count). The van der Waals surface area contributed by atoms with Gasteiger partial charge in [0.25, 0.3) is 5.91 Å². The number of rotatable bonds is 7. The summed E-state index contributed by atoms with van der Waals surface area (Å²) in [5, 5.41) is 11.7. The number of nitrogens with one attached hydrogen (secondary N) is 1. The summed E-state index contributed by atoms with van der Waals surface area (Å²) in [7, 11) is 0. The molecule has 0 radical (unpaired) electrons. The summed E-state index contributed by atoms with van der Waals surface area (Å²) in [6, 6.07) is 19.3. The van der Waals surface area contributed by atoms with Crippen LogP contribution in [0.2, 0.25) is 0 Å². The zero-order chi connectivity index (χ0) is 23.1. The zero-order valence-corrected chi connectivity index (χ0v) is 16.3. The Hall–Kier alpha value is -4.27. The number of hydrogen-bond acceptors (Lipinski definition) is 4. The normalized spacial score (nSPS) is 11.5. The summed E-state index contributed by atoms with van der Waals surface area (Å²) in [5.41, 5.74) is 0.363. The fourth-order valence-corrected chi connectivity index (χ4v) is 2.60. The molecule has 3 aromatic rings. The number of amides is 1. The monoisotopic (exact) mass is 443 g/mol. The van der Waals surface area contributed by atoms with Crippen LogP contribution in [0.3, 0.4) is 0 Å². The SMILES string of the molecule is O=C(O)C(=Cc1ccc(Oc2ccccc2OC(F)(F)F)cc1)NC(=O)c1ccccc1. The maximum absolute atomic E-state index is 12.5. The van der Waals surface area contributed by atoms with E-state index in [1.807, 2.05) is 0 Å². The van der Waals surface area contributed by atoms with E-state index in [4.69, 9.17) is 4.74 Å². The summed E-state index contributed by atoms with van der Waals surface area (Å²) < 4.78 is 47.0. The first-order chi connectivity index (χ1) is 15.2. The maximum atomic E-state index is 12.5. The Morgan fingerprint density at radius 3 is 2.03 bits per heavy atom. The second kappa shape index (κ2) is 9.69. The van der Waals surface area contributed by atoms with E-state index >= 15 is 0 Å². The lowest BCUT2D eigenvalue weighted by Gasteiger charge is -2.13. The zero-order valence-electron chi connectivity index (χ0n) is 16.3. The van der Waals surface area contributed by atoms with Crippen LogP contribution in [0.15, 0.2) is 84.6 Å². The maximum Gasteiger partial charge on any atom is 0.573 e. The molecule has 0 bridgehead atoms. The van der Waals surface area contributed by atoms with Crippen molar-refractivity contribution in [1.29, 1.82) is 0 Å². The highest BCUT2D eigenvalue weighted by molar-refractivity contribution is 6.02. The molecule has 0 saturated carbocycles. The summed E-state index contributed by atoms with van der Waals surface area (Å²) in [6.45, 7) is 0. The van der Waals surface area contributed by atoms with Gasteiger partial charge in [-0.3, -0.25) is 4.79 Å². The number of halogens is 3. The van der Waals surface area contributed by atoms with Crippen LogP contribution >= 0.6 is 0 Å². The fourth-order valence-electron chi connectivity index (χ4n) is 2.60. The van der Waals surface area contributed by atoms with Gasteiger partial charge in [0.1, 0.15) is 11.4 Å². The van der Waals surface area contributed by atoms with Crippen molar-refractivity contribution >= 4 is 18.0 Å². The molecule has 0 aliphatic carbocycles. The van der Waals surface area contributed by atoms with Crippen LogP contribution in [-0.4, -0.2) is 23.3 Å². The lowest BCUT2D eigenvalue weighted by molar-refractivity contribution is -0.275. The molecule has 9 heteroatoms. The van der Waals surface area contributed by atoms with Crippen LogP contribution in [0.5, 0.6) is 17.2 Å². The van der Waals surface area contributed by atoms with Crippen molar-refractivity contribution in [2.75, 3.05) is 0 Å². The van der Waals surface area contributed by atoms with E-state index in [0.717, 1.165) is 6.07 Å². The van der Waals surface area contributed by atoms with Gasteiger partial charge in [0.05, 0.1) is 0 Å². The molecule has 0 unspecified atom stereocenters. The van der Waals surface area contributed by atoms with E-state index in [-0.39, 0.29) is 17.2 Å². The Morgan fingerprint density at radius 1 is 0.844 bits per heavy atom. The van der Waals surface area contributed by atoms with Crippen molar-refractivity contribution in [2.45, 2.75) is 6.36 Å². The number of alkyl halides is 3. The smallest absolute Gasteiger partial charge is 0.477 e. The molecule has 1 amide bonds. The first-order valence-electron chi connectivity index (χ1n) is 9.15. The molecule has 0 aliphatic heterocycles. The number of carboxylic acids is 1. The molecule has 0 fully saturated rings. The Labute approximate surface area is 180 Å². The van der Waals surface area contributed by atoms with Crippen LogP contribution < -0.4 is 14.8 Å². The summed E-state index contributed by atoms with van der Waals surface area (Å²) >= 11 is 0. The predicted octanol–water partition coefficient (Wildman–Crippen LogP) is 5.23. The van der Waals surface area contributed by atoms with Gasteiger partial charge in [-0.15, -0.1) is 13.2 Å². The van der Waals surface area contributed by atoms with Gasteiger partial charge >= 0.3 is 12.3 Å². The predicted molar refractivity (Wildman–Crippen MR) is 109 cm³/mol. The number of carbonyl (C=O) groups excluding carboxylic acids is 1. The van der Waals surface area contributed by atoms with Gasteiger partial charge < -0.3 is 19.9 Å². The third kappa shape index (κ3) is 6.36. The van der Waals surface area contributed by atoms with Crippen LogP contribution in [0, 0.1) is 0 Å². The highest BCUT2D eigenvalue weighted by Gasteiger charge is 2.32. The molecular weight excluding hydrogens is 427 g/mol. The standard InChI is InChI=1S/C23H16F3NO5/c24-23(25,26)32-20-9-5-4-8-19(20)31-17-12-10-15(11-13-17)14-18(22(29)30)27-21(28)16-6-2-1-3-7-16/h1-14H,(H,27,28)(H,29,30). The second-order valence-electron chi connectivity index (χ2n) is 6.35. The molecule has 6 nitrogen and oxygen atoms in total. The molecule has 0 spiro atoms. The van der Waals surface area contributed by atoms with Crippen LogP contribution in [0.4, 0.5) is 13.2 Å². The van der Waals surface area contributed by atoms with E-state index in [1.54, 1.807) is 30.3 Å². The Balaban J connectivity index is 1.75. The van der Waals surface area contributed by atoms with E-state index in [2.05, 4.69) is 10.1 Å². The van der Waals surface area contributed by atoms with Gasteiger partial charge in [-0.25, -0.2) is 4.79 Å². The van der Waals surface area contributed by atoms with Crippen LogP contribution in [0.25, 0.3) is 6.08 Å². The molecule has 0 aliphatic rings. The van der Waals surface area contributed by atoms with E-state index in [1.165, 1.54) is 48.5 Å². The third-order valence-corrected chi connectivity index (χ3v) is 4.01. The van der Waals surface area contributed by atoms with Crippen molar-refractivity contribution in [2.24, 2.45) is 0 Å². The van der Waals surface area contributed by atoms with E-state index in [0.29, 0.717) is 11.1 Å². The number of para-hydroxylation sites is 2. The fraction of sp³-hybridized carbons (Fsp3) is 0.0435. The lowest BCUT2D eigenvalue weighted by Crippen LogP contribution is -2.27. The largest absolute Gasteiger partial charge is 0.573 e. The van der Waals surface area contributed by atoms with Gasteiger partial charge in [-0.2, -0.15) is 0 Å². The highest BCUT2D eigenvalue weighted by Crippen LogP contribution is 2.34. The number of carboxylic acid groups (broad SMARTS) is 1. The number of benzene rings is 3. The molecule has 164 valence electrons. The van der Waals surface area contributed by atoms with Crippen LogP contribution in [-0.2, 0) is 4.79 Å². The molecule has 32 heavy (non-hydrogen) atoms.